The van der Waals surface area contributed by atoms with Gasteiger partial charge in [-0.05, 0) is 18.6 Å². The summed E-state index contributed by atoms with van der Waals surface area (Å²) >= 11 is 0. The van der Waals surface area contributed by atoms with Gasteiger partial charge in [0.25, 0.3) is 5.69 Å². The Hall–Kier alpha value is -2.33. The van der Waals surface area contributed by atoms with E-state index >= 15 is 0 Å². The molecule has 0 unspecified atom stereocenters. The van der Waals surface area contributed by atoms with E-state index in [1.807, 2.05) is 30.3 Å². The van der Waals surface area contributed by atoms with Gasteiger partial charge in [-0.25, -0.2) is 13.1 Å². The minimum absolute atomic E-state index is 0.118. The summed E-state index contributed by atoms with van der Waals surface area (Å²) in [7, 11) is -3.94. The first-order valence-corrected chi connectivity index (χ1v) is 10.5. The van der Waals surface area contributed by atoms with Gasteiger partial charge in [-0.1, -0.05) is 36.4 Å². The van der Waals surface area contributed by atoms with Crippen molar-refractivity contribution in [1.29, 1.82) is 0 Å². The average Bonchev–Trinajstić information content (AvgIpc) is 2.69. The lowest BCUT2D eigenvalue weighted by Gasteiger charge is -2.31. The molecule has 2 aromatic carbocycles. The molecular weight excluding hydrogens is 382 g/mol. The molecule has 1 saturated heterocycles. The highest BCUT2D eigenvalue weighted by molar-refractivity contribution is 7.89. The normalized spacial score (nSPS) is 16.6. The molecule has 1 aliphatic rings. The van der Waals surface area contributed by atoms with Crippen molar-refractivity contribution in [2.24, 2.45) is 0 Å². The third kappa shape index (κ3) is 4.93. The fraction of sp³-hybridized carbons (Fsp3) is 0.368. The van der Waals surface area contributed by atoms with Gasteiger partial charge in [-0.3, -0.25) is 15.0 Å². The number of ether oxygens (including phenoxy) is 1. The third-order valence-corrected chi connectivity index (χ3v) is 6.20. The zero-order chi connectivity index (χ0) is 20.1. The van der Waals surface area contributed by atoms with Crippen molar-refractivity contribution in [2.75, 3.05) is 32.8 Å². The molecule has 0 aromatic heterocycles. The van der Waals surface area contributed by atoms with Gasteiger partial charge in [-0.15, -0.1) is 0 Å². The van der Waals surface area contributed by atoms with Crippen molar-refractivity contribution in [1.82, 2.24) is 9.62 Å². The highest BCUT2D eigenvalue weighted by atomic mass is 32.2. The Bertz CT molecular complexity index is 928. The standard InChI is InChI=1S/C19H23N3O5S/c1-15-7-8-17(13-19(15)22(23)24)28(25,26)20-18(16-5-3-2-4-6-16)14-21-9-11-27-12-10-21/h2-8,13,18,20H,9-12,14H2,1H3/t18-/m1/s1. The smallest absolute Gasteiger partial charge is 0.273 e. The van der Waals surface area contributed by atoms with Gasteiger partial charge in [-0.2, -0.15) is 0 Å². The number of sulfonamides is 1. The van der Waals surface area contributed by atoms with E-state index in [-0.39, 0.29) is 10.6 Å². The zero-order valence-corrected chi connectivity index (χ0v) is 16.4. The van der Waals surface area contributed by atoms with Crippen LogP contribution in [0.5, 0.6) is 0 Å². The molecule has 1 fully saturated rings. The van der Waals surface area contributed by atoms with Crippen LogP contribution in [0, 0.1) is 17.0 Å². The van der Waals surface area contributed by atoms with Crippen molar-refractivity contribution in [3.63, 3.8) is 0 Å². The molecule has 150 valence electrons. The molecule has 0 radical (unpaired) electrons. The average molecular weight is 405 g/mol. The molecule has 1 aliphatic heterocycles. The number of nitrogens with one attached hydrogen (secondary N) is 1. The maximum absolute atomic E-state index is 13.0. The van der Waals surface area contributed by atoms with E-state index in [1.165, 1.54) is 12.1 Å². The van der Waals surface area contributed by atoms with Gasteiger partial charge in [0.2, 0.25) is 10.0 Å². The minimum Gasteiger partial charge on any atom is -0.379 e. The monoisotopic (exact) mass is 405 g/mol. The number of aryl methyl sites for hydroxylation is 1. The van der Waals surface area contributed by atoms with Crippen LogP contribution < -0.4 is 4.72 Å². The van der Waals surface area contributed by atoms with Crippen LogP contribution in [0.15, 0.2) is 53.4 Å². The predicted molar refractivity (Wildman–Crippen MR) is 105 cm³/mol. The summed E-state index contributed by atoms with van der Waals surface area (Å²) in [6.45, 7) is 4.73. The van der Waals surface area contributed by atoms with Gasteiger partial charge >= 0.3 is 0 Å². The van der Waals surface area contributed by atoms with E-state index in [0.29, 0.717) is 25.3 Å². The number of hydrogen-bond acceptors (Lipinski definition) is 6. The second kappa shape index (κ2) is 8.78. The lowest BCUT2D eigenvalue weighted by Crippen LogP contribution is -2.43. The SMILES string of the molecule is Cc1ccc(S(=O)(=O)N[C@H](CN2CCOCC2)c2ccccc2)cc1[N+](=O)[O-]. The molecule has 2 aromatic rings. The van der Waals surface area contributed by atoms with E-state index in [1.54, 1.807) is 6.92 Å². The van der Waals surface area contributed by atoms with Crippen molar-refractivity contribution in [2.45, 2.75) is 17.9 Å². The van der Waals surface area contributed by atoms with Crippen LogP contribution in [0.25, 0.3) is 0 Å². The lowest BCUT2D eigenvalue weighted by molar-refractivity contribution is -0.385. The number of nitro groups is 1. The quantitative estimate of drug-likeness (QED) is 0.560. The van der Waals surface area contributed by atoms with Crippen molar-refractivity contribution in [3.8, 4) is 0 Å². The van der Waals surface area contributed by atoms with Gasteiger partial charge in [0.15, 0.2) is 0 Å². The molecule has 1 atom stereocenters. The minimum atomic E-state index is -3.94. The topological polar surface area (TPSA) is 102 Å². The number of benzene rings is 2. The molecule has 3 rings (SSSR count). The maximum atomic E-state index is 13.0. The molecule has 1 N–H and O–H groups in total. The fourth-order valence-corrected chi connectivity index (χ4v) is 4.38. The summed E-state index contributed by atoms with van der Waals surface area (Å²) in [5, 5.41) is 11.2. The molecule has 8 nitrogen and oxygen atoms in total. The largest absolute Gasteiger partial charge is 0.379 e. The van der Waals surface area contributed by atoms with Crippen LogP contribution in [0.1, 0.15) is 17.2 Å². The van der Waals surface area contributed by atoms with Crippen LogP contribution in [0.3, 0.4) is 0 Å². The summed E-state index contributed by atoms with van der Waals surface area (Å²) in [6.07, 6.45) is 0. The molecule has 0 spiro atoms. The lowest BCUT2D eigenvalue weighted by atomic mass is 10.1. The number of nitro benzene ring substituents is 1. The molecule has 0 bridgehead atoms. The summed E-state index contributed by atoms with van der Waals surface area (Å²) in [5.41, 5.74) is 1.03. The van der Waals surface area contributed by atoms with E-state index < -0.39 is 21.0 Å². The third-order valence-electron chi connectivity index (χ3n) is 4.73. The van der Waals surface area contributed by atoms with E-state index in [9.17, 15) is 18.5 Å². The summed E-state index contributed by atoms with van der Waals surface area (Å²) in [5.74, 6) is 0. The Morgan fingerprint density at radius 3 is 2.50 bits per heavy atom. The number of nitrogens with zero attached hydrogens (tertiary/aromatic N) is 2. The molecule has 28 heavy (non-hydrogen) atoms. The van der Waals surface area contributed by atoms with Crippen LogP contribution in [0.2, 0.25) is 0 Å². The van der Waals surface area contributed by atoms with Crippen molar-refractivity contribution in [3.05, 3.63) is 69.8 Å². The molecule has 9 heteroatoms. The van der Waals surface area contributed by atoms with Gasteiger partial charge in [0.1, 0.15) is 0 Å². The maximum Gasteiger partial charge on any atom is 0.273 e. The first-order chi connectivity index (χ1) is 13.4. The second-order valence-electron chi connectivity index (χ2n) is 6.70. The summed E-state index contributed by atoms with van der Waals surface area (Å²) in [6, 6.07) is 12.8. The molecule has 0 aliphatic carbocycles. The van der Waals surface area contributed by atoms with Gasteiger partial charge in [0, 0.05) is 31.3 Å². The van der Waals surface area contributed by atoms with E-state index in [4.69, 9.17) is 4.74 Å². The van der Waals surface area contributed by atoms with Crippen molar-refractivity contribution >= 4 is 15.7 Å². The Morgan fingerprint density at radius 2 is 1.86 bits per heavy atom. The predicted octanol–water partition coefficient (Wildman–Crippen LogP) is 2.26. The van der Waals surface area contributed by atoms with Crippen LogP contribution in [-0.4, -0.2) is 51.1 Å². The number of rotatable bonds is 7. The van der Waals surface area contributed by atoms with Crippen LogP contribution >= 0.6 is 0 Å². The Balaban J connectivity index is 1.88. The fourth-order valence-electron chi connectivity index (χ4n) is 3.15. The first-order valence-electron chi connectivity index (χ1n) is 8.99. The molecule has 0 saturated carbocycles. The van der Waals surface area contributed by atoms with E-state index in [0.717, 1.165) is 24.7 Å². The summed E-state index contributed by atoms with van der Waals surface area (Å²) < 4.78 is 34.0. The number of morpholine rings is 1. The van der Waals surface area contributed by atoms with Gasteiger partial charge in [0.05, 0.1) is 29.1 Å². The van der Waals surface area contributed by atoms with Crippen LogP contribution in [-0.2, 0) is 14.8 Å². The Morgan fingerprint density at radius 1 is 1.18 bits per heavy atom. The van der Waals surface area contributed by atoms with Gasteiger partial charge < -0.3 is 4.74 Å². The highest BCUT2D eigenvalue weighted by Crippen LogP contribution is 2.24. The Labute approximate surface area is 164 Å². The Kier molecular flexibility index (Phi) is 6.40. The van der Waals surface area contributed by atoms with E-state index in [2.05, 4.69) is 9.62 Å². The second-order valence-corrected chi connectivity index (χ2v) is 8.42. The first kappa shape index (κ1) is 20.4. The highest BCUT2D eigenvalue weighted by Gasteiger charge is 2.26. The molecule has 0 amide bonds. The molecular formula is C19H23N3O5S. The van der Waals surface area contributed by atoms with Crippen LogP contribution in [0.4, 0.5) is 5.69 Å². The number of hydrogen-bond donors (Lipinski definition) is 1. The molecule has 1 heterocycles. The van der Waals surface area contributed by atoms with Crippen molar-refractivity contribution < 1.29 is 18.1 Å². The zero-order valence-electron chi connectivity index (χ0n) is 15.6. The summed E-state index contributed by atoms with van der Waals surface area (Å²) in [4.78, 5) is 12.6.